The highest BCUT2D eigenvalue weighted by atomic mass is 19.1. The van der Waals surface area contributed by atoms with Crippen molar-refractivity contribution in [3.63, 3.8) is 0 Å². The molecule has 28 heavy (non-hydrogen) atoms. The van der Waals surface area contributed by atoms with Gasteiger partial charge in [-0.1, -0.05) is 42.5 Å². The molecule has 1 fully saturated rings. The minimum atomic E-state index is -1.27. The van der Waals surface area contributed by atoms with Gasteiger partial charge in [-0.05, 0) is 30.5 Å². The van der Waals surface area contributed by atoms with E-state index in [9.17, 15) is 29.0 Å². The molecule has 1 aliphatic heterocycles. The molecule has 0 bridgehead atoms. The predicted molar refractivity (Wildman–Crippen MR) is 96.1 cm³/mol. The Morgan fingerprint density at radius 2 is 1.82 bits per heavy atom. The number of carbonyl (C=O) groups excluding carboxylic acids is 3. The van der Waals surface area contributed by atoms with Gasteiger partial charge in [-0.15, -0.1) is 0 Å². The number of rotatable bonds is 6. The van der Waals surface area contributed by atoms with Crippen LogP contribution in [-0.2, 0) is 14.4 Å². The van der Waals surface area contributed by atoms with Crippen LogP contribution >= 0.6 is 0 Å². The van der Waals surface area contributed by atoms with E-state index >= 15 is 0 Å². The minimum Gasteiger partial charge on any atom is -0.550 e. The fraction of sp³-hybridized carbons (Fsp3) is 0.190. The Kier molecular flexibility index (Phi) is 5.54. The fourth-order valence-electron chi connectivity index (χ4n) is 3.28. The summed E-state index contributed by atoms with van der Waals surface area (Å²) in [6.07, 6.45) is -0.232. The SMILES string of the molecule is O=C([O-])CCCN1C(=O)C(=O)C(=C(O)c2ccccc2)[C@@H]1c1cccc(F)c1. The van der Waals surface area contributed by atoms with Gasteiger partial charge in [0.1, 0.15) is 11.6 Å². The molecule has 0 saturated carbocycles. The molecule has 1 heterocycles. The minimum absolute atomic E-state index is 0.0503. The molecular weight excluding hydrogens is 365 g/mol. The quantitative estimate of drug-likeness (QED) is 0.467. The smallest absolute Gasteiger partial charge is 0.295 e. The predicted octanol–water partition coefficient (Wildman–Crippen LogP) is 1.78. The van der Waals surface area contributed by atoms with Gasteiger partial charge in [0.25, 0.3) is 11.7 Å². The summed E-state index contributed by atoms with van der Waals surface area (Å²) in [5.74, 6) is -3.97. The number of aliphatic hydroxyl groups is 1. The van der Waals surface area contributed by atoms with Gasteiger partial charge in [0.15, 0.2) is 0 Å². The summed E-state index contributed by atoms with van der Waals surface area (Å²) >= 11 is 0. The highest BCUT2D eigenvalue weighted by Crippen LogP contribution is 2.39. The molecule has 0 aliphatic carbocycles. The Morgan fingerprint density at radius 3 is 2.46 bits per heavy atom. The van der Waals surface area contributed by atoms with Crippen LogP contribution in [0.1, 0.15) is 30.0 Å². The lowest BCUT2D eigenvalue weighted by Gasteiger charge is -2.25. The Labute approximate surface area is 160 Å². The van der Waals surface area contributed by atoms with Crippen molar-refractivity contribution < 1.29 is 29.0 Å². The van der Waals surface area contributed by atoms with Crippen molar-refractivity contribution in [1.82, 2.24) is 4.90 Å². The number of halogens is 1. The van der Waals surface area contributed by atoms with Crippen LogP contribution in [0.25, 0.3) is 5.76 Å². The van der Waals surface area contributed by atoms with Crippen LogP contribution in [0.5, 0.6) is 0 Å². The number of carboxylic acids is 1. The van der Waals surface area contributed by atoms with Gasteiger partial charge in [-0.25, -0.2) is 4.39 Å². The van der Waals surface area contributed by atoms with Crippen molar-refractivity contribution in [2.75, 3.05) is 6.54 Å². The van der Waals surface area contributed by atoms with Gasteiger partial charge < -0.3 is 19.9 Å². The number of amides is 1. The third-order valence-corrected chi connectivity index (χ3v) is 4.53. The molecule has 6 nitrogen and oxygen atoms in total. The van der Waals surface area contributed by atoms with Crippen LogP contribution < -0.4 is 5.11 Å². The number of likely N-dealkylation sites (tertiary alicyclic amines) is 1. The Bertz CT molecular complexity index is 954. The lowest BCUT2D eigenvalue weighted by atomic mass is 9.95. The second-order valence-corrected chi connectivity index (χ2v) is 6.39. The van der Waals surface area contributed by atoms with E-state index in [1.807, 2.05) is 0 Å². The van der Waals surface area contributed by atoms with Crippen molar-refractivity contribution in [2.24, 2.45) is 0 Å². The van der Waals surface area contributed by atoms with Gasteiger partial charge in [-0.2, -0.15) is 0 Å². The Morgan fingerprint density at radius 1 is 1.11 bits per heavy atom. The van der Waals surface area contributed by atoms with Crippen molar-refractivity contribution in [1.29, 1.82) is 0 Å². The average Bonchev–Trinajstić information content (AvgIpc) is 2.93. The number of carboxylic acid groups (broad SMARTS) is 1. The maximum absolute atomic E-state index is 13.8. The van der Waals surface area contributed by atoms with E-state index in [4.69, 9.17) is 0 Å². The number of aliphatic carboxylic acids is 1. The molecule has 0 aromatic heterocycles. The summed E-state index contributed by atoms with van der Waals surface area (Å²) in [6, 6.07) is 12.6. The van der Waals surface area contributed by atoms with E-state index in [1.165, 1.54) is 18.2 Å². The van der Waals surface area contributed by atoms with E-state index in [0.717, 1.165) is 4.90 Å². The van der Waals surface area contributed by atoms with Crippen LogP contribution in [0, 0.1) is 5.82 Å². The molecule has 0 radical (unpaired) electrons. The summed E-state index contributed by atoms with van der Waals surface area (Å²) in [6.45, 7) is -0.0503. The zero-order valence-corrected chi connectivity index (χ0v) is 14.8. The van der Waals surface area contributed by atoms with Gasteiger partial charge in [0.2, 0.25) is 0 Å². The van der Waals surface area contributed by atoms with Gasteiger partial charge >= 0.3 is 0 Å². The molecule has 1 amide bonds. The third kappa shape index (κ3) is 3.78. The van der Waals surface area contributed by atoms with Crippen LogP contribution in [0.15, 0.2) is 60.2 Å². The van der Waals surface area contributed by atoms with Crippen LogP contribution in [0.4, 0.5) is 4.39 Å². The number of benzene rings is 2. The van der Waals surface area contributed by atoms with E-state index in [2.05, 4.69) is 0 Å². The Balaban J connectivity index is 2.10. The maximum Gasteiger partial charge on any atom is 0.295 e. The van der Waals surface area contributed by atoms with E-state index in [1.54, 1.807) is 36.4 Å². The first-order valence-electron chi connectivity index (χ1n) is 8.69. The monoisotopic (exact) mass is 382 g/mol. The average molecular weight is 382 g/mol. The molecule has 2 aromatic rings. The summed E-state index contributed by atoms with van der Waals surface area (Å²) in [4.78, 5) is 37.1. The first-order chi connectivity index (χ1) is 13.4. The van der Waals surface area contributed by atoms with Gasteiger partial charge in [0, 0.05) is 18.1 Å². The van der Waals surface area contributed by atoms with E-state index in [0.29, 0.717) is 11.1 Å². The molecular formula is C21H17FNO5-. The first-order valence-corrected chi connectivity index (χ1v) is 8.69. The lowest BCUT2D eigenvalue weighted by Crippen LogP contribution is -2.32. The molecule has 1 saturated heterocycles. The molecule has 3 rings (SSSR count). The number of aliphatic hydroxyl groups excluding tert-OH is 1. The van der Waals surface area contributed by atoms with Gasteiger partial charge in [-0.3, -0.25) is 9.59 Å². The molecule has 2 aromatic carbocycles. The highest BCUT2D eigenvalue weighted by molar-refractivity contribution is 6.46. The molecule has 144 valence electrons. The second kappa shape index (κ2) is 8.04. The second-order valence-electron chi connectivity index (χ2n) is 6.39. The zero-order chi connectivity index (χ0) is 20.3. The van der Waals surface area contributed by atoms with Crippen molar-refractivity contribution in [3.05, 3.63) is 77.1 Å². The number of Topliss-reactive ketones (excluding diaryl/α,β-unsaturated/α-hetero) is 1. The zero-order valence-electron chi connectivity index (χ0n) is 14.8. The summed E-state index contributed by atoms with van der Waals surface area (Å²) in [5, 5.41) is 21.4. The molecule has 0 spiro atoms. The molecule has 0 unspecified atom stereocenters. The van der Waals surface area contributed by atoms with E-state index in [-0.39, 0.29) is 30.7 Å². The summed E-state index contributed by atoms with van der Waals surface area (Å²) in [5.41, 5.74) is 0.497. The van der Waals surface area contributed by atoms with Crippen LogP contribution in [0.2, 0.25) is 0 Å². The fourth-order valence-corrected chi connectivity index (χ4v) is 3.28. The van der Waals surface area contributed by atoms with E-state index < -0.39 is 29.5 Å². The number of carbonyl (C=O) groups is 3. The van der Waals surface area contributed by atoms with Gasteiger partial charge in [0.05, 0.1) is 11.6 Å². The Hall–Kier alpha value is -3.48. The van der Waals surface area contributed by atoms with Crippen molar-refractivity contribution in [3.8, 4) is 0 Å². The molecule has 1 atom stereocenters. The number of hydrogen-bond acceptors (Lipinski definition) is 5. The maximum atomic E-state index is 13.8. The molecule has 7 heteroatoms. The van der Waals surface area contributed by atoms with Crippen molar-refractivity contribution in [2.45, 2.75) is 18.9 Å². The van der Waals surface area contributed by atoms with Crippen molar-refractivity contribution >= 4 is 23.4 Å². The summed E-state index contributed by atoms with van der Waals surface area (Å²) < 4.78 is 13.8. The lowest BCUT2D eigenvalue weighted by molar-refractivity contribution is -0.305. The third-order valence-electron chi connectivity index (χ3n) is 4.53. The largest absolute Gasteiger partial charge is 0.550 e. The number of hydrogen-bond donors (Lipinski definition) is 1. The number of ketones is 1. The normalized spacial score (nSPS) is 18.5. The molecule has 1 aliphatic rings. The topological polar surface area (TPSA) is 97.7 Å². The standard InChI is InChI=1S/C21H18FNO5/c22-15-9-4-8-14(12-15)18-17(19(26)13-6-2-1-3-7-13)20(27)21(28)23(18)11-5-10-16(24)25/h1-4,6-9,12,18,26H,5,10-11H2,(H,24,25)/p-1/t18-/m0/s1. The van der Waals surface area contributed by atoms with Crippen LogP contribution in [0.3, 0.4) is 0 Å². The van der Waals surface area contributed by atoms with Crippen LogP contribution in [-0.4, -0.2) is 34.2 Å². The number of nitrogens with zero attached hydrogens (tertiary/aromatic N) is 1. The highest BCUT2D eigenvalue weighted by Gasteiger charge is 2.45. The first kappa shape index (κ1) is 19.3. The molecule has 1 N–H and O–H groups in total. The summed E-state index contributed by atoms with van der Waals surface area (Å²) in [7, 11) is 0.